The zero-order valence-corrected chi connectivity index (χ0v) is 22.5. The van der Waals surface area contributed by atoms with Gasteiger partial charge in [0, 0.05) is 41.4 Å². The summed E-state index contributed by atoms with van der Waals surface area (Å²) in [7, 11) is 2.22. The lowest BCUT2D eigenvalue weighted by atomic mass is 9.92. The molecule has 2 aliphatic rings. The summed E-state index contributed by atoms with van der Waals surface area (Å²) in [6.07, 6.45) is 4.75. The number of hydrogen-bond donors (Lipinski definition) is 2. The number of carbonyl (C=O) groups is 1. The van der Waals surface area contributed by atoms with Gasteiger partial charge in [0.2, 0.25) is 0 Å². The lowest BCUT2D eigenvalue weighted by molar-refractivity contribution is -0.146. The van der Waals surface area contributed by atoms with Crippen LogP contribution in [0.4, 0.5) is 14.5 Å². The van der Waals surface area contributed by atoms with Crippen molar-refractivity contribution in [3.05, 3.63) is 72.1 Å². The van der Waals surface area contributed by atoms with Gasteiger partial charge in [0.1, 0.15) is 6.07 Å². The van der Waals surface area contributed by atoms with E-state index < -0.39 is 30.8 Å². The van der Waals surface area contributed by atoms with Crippen molar-refractivity contribution in [1.29, 1.82) is 5.26 Å². The summed E-state index contributed by atoms with van der Waals surface area (Å²) in [5.41, 5.74) is 3.92. The number of nitrogens with one attached hydrogen (secondary N) is 1. The fraction of sp³-hybridized carbons (Fsp3) is 0.387. The lowest BCUT2D eigenvalue weighted by Crippen LogP contribution is -2.49. The Hall–Kier alpha value is -4.03. The van der Waals surface area contributed by atoms with Gasteiger partial charge in [-0.3, -0.25) is 9.78 Å². The van der Waals surface area contributed by atoms with E-state index in [9.17, 15) is 13.6 Å². The van der Waals surface area contributed by atoms with Gasteiger partial charge in [-0.1, -0.05) is 18.2 Å². The number of carboxylic acid groups (broad SMARTS) is 1. The molecule has 9 heteroatoms. The van der Waals surface area contributed by atoms with Crippen molar-refractivity contribution in [2.45, 2.75) is 31.6 Å². The Balaban J connectivity index is 0.000000168. The number of pyridine rings is 1. The van der Waals surface area contributed by atoms with Crippen LogP contribution in [0.5, 0.6) is 0 Å². The Labute approximate surface area is 232 Å². The zero-order chi connectivity index (χ0) is 28.3. The van der Waals surface area contributed by atoms with Crippen molar-refractivity contribution in [2.24, 2.45) is 11.8 Å². The normalized spacial score (nSPS) is 19.6. The van der Waals surface area contributed by atoms with Gasteiger partial charge in [-0.05, 0) is 87.1 Å². The molecule has 0 saturated carbocycles. The highest BCUT2D eigenvalue weighted by molar-refractivity contribution is 5.95. The molecule has 208 valence electrons. The second-order valence-corrected chi connectivity index (χ2v) is 11.0. The van der Waals surface area contributed by atoms with Crippen LogP contribution in [0.2, 0.25) is 0 Å². The summed E-state index contributed by atoms with van der Waals surface area (Å²) in [5, 5.41) is 20.2. The maximum Gasteiger partial charge on any atom is 0.308 e. The van der Waals surface area contributed by atoms with Crippen molar-refractivity contribution in [3.63, 3.8) is 0 Å². The van der Waals surface area contributed by atoms with E-state index in [0.717, 1.165) is 5.92 Å². The average molecular weight is 546 g/mol. The van der Waals surface area contributed by atoms with Crippen LogP contribution in [-0.2, 0) is 11.2 Å². The molecule has 0 spiro atoms. The van der Waals surface area contributed by atoms with Gasteiger partial charge in [-0.25, -0.2) is 8.78 Å². The Bertz CT molecular complexity index is 1500. The van der Waals surface area contributed by atoms with E-state index in [1.165, 1.54) is 66.1 Å². The first-order valence-electron chi connectivity index (χ1n) is 13.6. The highest BCUT2D eigenvalue weighted by Gasteiger charge is 2.43. The van der Waals surface area contributed by atoms with Crippen LogP contribution in [0.3, 0.4) is 0 Å². The summed E-state index contributed by atoms with van der Waals surface area (Å²) in [4.78, 5) is 22.7. The molecule has 2 aromatic heterocycles. The number of carboxylic acids is 1. The standard InChI is InChI=1S/C16H13F2N3O2.C15H20N2/c17-16(18)6-11(15(22)23)8-21(9-16)13-4-3-10(7-19)14-12(13)2-1-5-20-14;1-17-8-6-12(7-9-17)10-14-11-13-4-2-3-5-15(13)16-14/h1-5,11H,6,8-9H2,(H,22,23);2-5,11-12,16H,6-10H2,1H3. The van der Waals surface area contributed by atoms with Crippen molar-refractivity contribution in [1.82, 2.24) is 14.9 Å². The van der Waals surface area contributed by atoms with Gasteiger partial charge >= 0.3 is 5.97 Å². The SMILES string of the molecule is CN1CCC(Cc2cc3ccccc3[nH]2)CC1.N#Cc1ccc(N2CC(C(=O)O)CC(F)(F)C2)c2cccnc12. The predicted molar refractivity (Wildman–Crippen MR) is 152 cm³/mol. The minimum absolute atomic E-state index is 0.000811. The van der Waals surface area contributed by atoms with E-state index >= 15 is 0 Å². The smallest absolute Gasteiger partial charge is 0.308 e. The number of alkyl halides is 2. The predicted octanol–water partition coefficient (Wildman–Crippen LogP) is 5.70. The number of fused-ring (bicyclic) bond motifs is 2. The third-order valence-corrected chi connectivity index (χ3v) is 7.90. The molecule has 4 aromatic rings. The van der Waals surface area contributed by atoms with E-state index in [1.807, 2.05) is 6.07 Å². The maximum atomic E-state index is 13.9. The molecule has 6 rings (SSSR count). The number of likely N-dealkylation sites (tertiary alicyclic amines) is 1. The van der Waals surface area contributed by atoms with Crippen LogP contribution in [0, 0.1) is 23.2 Å². The molecular weight excluding hydrogens is 512 g/mol. The van der Waals surface area contributed by atoms with E-state index in [1.54, 1.807) is 18.2 Å². The quantitative estimate of drug-likeness (QED) is 0.341. The van der Waals surface area contributed by atoms with E-state index in [0.29, 0.717) is 22.2 Å². The zero-order valence-electron chi connectivity index (χ0n) is 22.5. The van der Waals surface area contributed by atoms with Crippen LogP contribution in [0.25, 0.3) is 21.8 Å². The minimum Gasteiger partial charge on any atom is -0.481 e. The third kappa shape index (κ3) is 6.23. The molecule has 0 bridgehead atoms. The first kappa shape index (κ1) is 27.5. The second-order valence-electron chi connectivity index (χ2n) is 11.0. The van der Waals surface area contributed by atoms with Gasteiger partial charge in [-0.2, -0.15) is 5.26 Å². The molecule has 2 fully saturated rings. The number of anilines is 1. The molecule has 0 aliphatic carbocycles. The molecule has 1 unspecified atom stereocenters. The molecule has 0 radical (unpaired) electrons. The fourth-order valence-electron chi connectivity index (χ4n) is 5.79. The van der Waals surface area contributed by atoms with E-state index in [-0.39, 0.29) is 6.54 Å². The topological polar surface area (TPSA) is 96.2 Å². The van der Waals surface area contributed by atoms with E-state index in [4.69, 9.17) is 10.4 Å². The first-order chi connectivity index (χ1) is 19.2. The van der Waals surface area contributed by atoms with Crippen molar-refractivity contribution >= 4 is 33.5 Å². The molecule has 7 nitrogen and oxygen atoms in total. The number of hydrogen-bond acceptors (Lipinski definition) is 5. The monoisotopic (exact) mass is 545 g/mol. The number of halogens is 2. The molecule has 2 aliphatic heterocycles. The minimum atomic E-state index is -3.08. The van der Waals surface area contributed by atoms with Crippen molar-refractivity contribution in [3.8, 4) is 6.07 Å². The number of aliphatic carboxylic acids is 1. The van der Waals surface area contributed by atoms with Crippen LogP contribution >= 0.6 is 0 Å². The number of H-pyrrole nitrogens is 1. The molecule has 2 saturated heterocycles. The van der Waals surface area contributed by atoms with Gasteiger partial charge in [-0.15, -0.1) is 0 Å². The largest absolute Gasteiger partial charge is 0.481 e. The number of rotatable bonds is 4. The molecule has 2 N–H and O–H groups in total. The number of piperidine rings is 2. The van der Waals surface area contributed by atoms with Crippen LogP contribution in [0.15, 0.2) is 60.8 Å². The Morgan fingerprint density at radius 1 is 1.18 bits per heavy atom. The van der Waals surface area contributed by atoms with Gasteiger partial charge in [0.05, 0.1) is 23.5 Å². The van der Waals surface area contributed by atoms with E-state index in [2.05, 4.69) is 52.2 Å². The number of aromatic amines is 1. The summed E-state index contributed by atoms with van der Waals surface area (Å²) in [6, 6.07) is 19.3. The first-order valence-corrected chi connectivity index (χ1v) is 13.6. The highest BCUT2D eigenvalue weighted by atomic mass is 19.3. The Morgan fingerprint density at radius 2 is 1.95 bits per heavy atom. The third-order valence-electron chi connectivity index (χ3n) is 7.90. The molecule has 2 aromatic carbocycles. The van der Waals surface area contributed by atoms with Gasteiger partial charge in [0.25, 0.3) is 5.92 Å². The molecular formula is C31H33F2N5O2. The summed E-state index contributed by atoms with van der Waals surface area (Å²) >= 11 is 0. The molecule has 40 heavy (non-hydrogen) atoms. The average Bonchev–Trinajstić information content (AvgIpc) is 3.35. The van der Waals surface area contributed by atoms with Crippen LogP contribution < -0.4 is 4.90 Å². The number of nitrogens with zero attached hydrogens (tertiary/aromatic N) is 4. The number of para-hydroxylation sites is 1. The van der Waals surface area contributed by atoms with Gasteiger partial charge < -0.3 is 19.9 Å². The Kier molecular flexibility index (Phi) is 7.99. The fourth-order valence-corrected chi connectivity index (χ4v) is 5.79. The highest BCUT2D eigenvalue weighted by Crippen LogP contribution is 2.36. The van der Waals surface area contributed by atoms with Crippen molar-refractivity contribution < 1.29 is 18.7 Å². The van der Waals surface area contributed by atoms with Crippen LogP contribution in [0.1, 0.15) is 30.5 Å². The number of aromatic nitrogens is 2. The lowest BCUT2D eigenvalue weighted by Gasteiger charge is -2.37. The number of nitriles is 1. The van der Waals surface area contributed by atoms with Gasteiger partial charge in [0.15, 0.2) is 0 Å². The summed E-state index contributed by atoms with van der Waals surface area (Å²) in [5.74, 6) is -4.59. The number of benzene rings is 2. The van der Waals surface area contributed by atoms with Crippen molar-refractivity contribution in [2.75, 3.05) is 38.1 Å². The second kappa shape index (κ2) is 11.6. The summed E-state index contributed by atoms with van der Waals surface area (Å²) in [6.45, 7) is 1.96. The summed E-state index contributed by atoms with van der Waals surface area (Å²) < 4.78 is 27.8. The molecule has 1 atom stereocenters. The Morgan fingerprint density at radius 3 is 2.67 bits per heavy atom. The molecule has 0 amide bonds. The molecule has 4 heterocycles. The van der Waals surface area contributed by atoms with Crippen LogP contribution in [-0.4, -0.2) is 65.1 Å². The maximum absolute atomic E-state index is 13.9.